The first-order valence-corrected chi connectivity index (χ1v) is 11.8. The van der Waals surface area contributed by atoms with E-state index in [0.29, 0.717) is 40.3 Å². The summed E-state index contributed by atoms with van der Waals surface area (Å²) in [5.41, 5.74) is -0.0356. The first-order chi connectivity index (χ1) is 14.7. The second-order valence-electron chi connectivity index (χ2n) is 8.25. The molecule has 2 aromatic rings. The lowest BCUT2D eigenvalue weighted by atomic mass is 10.00. The molecule has 1 aromatic heterocycles. The van der Waals surface area contributed by atoms with Crippen LogP contribution in [-0.2, 0) is 6.18 Å². The van der Waals surface area contributed by atoms with Gasteiger partial charge in [-0.1, -0.05) is 24.1 Å². The van der Waals surface area contributed by atoms with E-state index >= 15 is 0 Å². The maximum Gasteiger partial charge on any atom is 0.417 e. The summed E-state index contributed by atoms with van der Waals surface area (Å²) in [6.45, 7) is 5.43. The molecule has 0 unspecified atom stereocenters. The second kappa shape index (κ2) is 9.08. The van der Waals surface area contributed by atoms with Gasteiger partial charge in [-0.3, -0.25) is 4.79 Å². The Morgan fingerprint density at radius 2 is 1.81 bits per heavy atom. The van der Waals surface area contributed by atoms with Gasteiger partial charge >= 0.3 is 6.18 Å². The number of likely N-dealkylation sites (tertiary alicyclic amines) is 2. The first kappa shape index (κ1) is 22.6. The van der Waals surface area contributed by atoms with Gasteiger partial charge in [0.05, 0.1) is 16.3 Å². The molecule has 0 bridgehead atoms. The molecule has 1 aromatic carbocycles. The summed E-state index contributed by atoms with van der Waals surface area (Å²) in [7, 11) is 0. The predicted molar refractivity (Wildman–Crippen MR) is 117 cm³/mol. The van der Waals surface area contributed by atoms with Gasteiger partial charge < -0.3 is 9.80 Å². The number of thiazole rings is 1. The Balaban J connectivity index is 1.47. The Hall–Kier alpha value is -1.64. The van der Waals surface area contributed by atoms with E-state index in [-0.39, 0.29) is 10.9 Å². The van der Waals surface area contributed by atoms with Gasteiger partial charge in [0.1, 0.15) is 9.88 Å². The minimum Gasteiger partial charge on any atom is -0.338 e. The Morgan fingerprint density at radius 3 is 2.45 bits per heavy atom. The highest BCUT2D eigenvalue weighted by molar-refractivity contribution is 7.17. The van der Waals surface area contributed by atoms with Gasteiger partial charge in [0.25, 0.3) is 5.91 Å². The Labute approximate surface area is 189 Å². The van der Waals surface area contributed by atoms with Crippen LogP contribution in [0.5, 0.6) is 0 Å². The lowest BCUT2D eigenvalue weighted by Gasteiger charge is -2.40. The molecular formula is C22H25ClF3N3OS. The molecule has 0 saturated carbocycles. The highest BCUT2D eigenvalue weighted by Gasteiger charge is 2.34. The first-order valence-electron chi connectivity index (χ1n) is 10.6. The molecule has 168 valence electrons. The smallest absolute Gasteiger partial charge is 0.338 e. The molecule has 0 aliphatic carbocycles. The van der Waals surface area contributed by atoms with Crippen LogP contribution in [0.15, 0.2) is 18.2 Å². The number of carbonyl (C=O) groups is 1. The van der Waals surface area contributed by atoms with E-state index in [1.807, 2.05) is 4.90 Å². The number of aromatic nitrogens is 1. The van der Waals surface area contributed by atoms with Crippen LogP contribution in [0.2, 0.25) is 5.02 Å². The number of nitrogens with zero attached hydrogens (tertiary/aromatic N) is 3. The van der Waals surface area contributed by atoms with Gasteiger partial charge in [0.15, 0.2) is 0 Å². The second-order valence-corrected chi connectivity index (χ2v) is 9.65. The third kappa shape index (κ3) is 4.91. The number of benzene rings is 1. The topological polar surface area (TPSA) is 36.4 Å². The van der Waals surface area contributed by atoms with Gasteiger partial charge in [-0.05, 0) is 57.8 Å². The molecule has 2 fully saturated rings. The third-order valence-corrected chi connectivity index (χ3v) is 7.69. The molecule has 0 N–H and O–H groups in total. The predicted octanol–water partition coefficient (Wildman–Crippen LogP) is 5.88. The third-order valence-electron chi connectivity index (χ3n) is 6.17. The van der Waals surface area contributed by atoms with E-state index in [1.165, 1.54) is 31.4 Å². The van der Waals surface area contributed by atoms with Gasteiger partial charge in [-0.2, -0.15) is 13.2 Å². The number of carbonyl (C=O) groups excluding carboxylic acids is 1. The number of rotatable bonds is 3. The van der Waals surface area contributed by atoms with E-state index in [9.17, 15) is 18.0 Å². The molecule has 9 heteroatoms. The maximum absolute atomic E-state index is 13.2. The molecule has 2 aliphatic rings. The molecule has 4 rings (SSSR count). The molecule has 3 heterocycles. The molecular weight excluding hydrogens is 447 g/mol. The van der Waals surface area contributed by atoms with Gasteiger partial charge in [0, 0.05) is 24.7 Å². The quantitative estimate of drug-likeness (QED) is 0.560. The van der Waals surface area contributed by atoms with Crippen LogP contribution in [0.1, 0.15) is 53.0 Å². The van der Waals surface area contributed by atoms with E-state index in [4.69, 9.17) is 11.6 Å². The van der Waals surface area contributed by atoms with Crippen molar-refractivity contribution in [1.29, 1.82) is 0 Å². The molecule has 2 aliphatic heterocycles. The summed E-state index contributed by atoms with van der Waals surface area (Å²) in [4.78, 5) is 22.4. The number of piperidine rings is 2. The minimum absolute atomic E-state index is 0.0802. The van der Waals surface area contributed by atoms with Crippen molar-refractivity contribution in [1.82, 2.24) is 14.8 Å². The van der Waals surface area contributed by atoms with E-state index in [1.54, 1.807) is 6.92 Å². The number of aryl methyl sites for hydroxylation is 1. The monoisotopic (exact) mass is 471 g/mol. The van der Waals surface area contributed by atoms with Crippen molar-refractivity contribution in [3.05, 3.63) is 39.4 Å². The minimum atomic E-state index is -4.54. The summed E-state index contributed by atoms with van der Waals surface area (Å²) in [5.74, 6) is -0.0802. The molecule has 0 atom stereocenters. The van der Waals surface area contributed by atoms with Crippen LogP contribution in [-0.4, -0.2) is 52.9 Å². The fraction of sp³-hybridized carbons (Fsp3) is 0.545. The molecule has 4 nitrogen and oxygen atoms in total. The van der Waals surface area contributed by atoms with Crippen LogP contribution >= 0.6 is 22.9 Å². The van der Waals surface area contributed by atoms with Gasteiger partial charge in [0.2, 0.25) is 0 Å². The largest absolute Gasteiger partial charge is 0.417 e. The van der Waals surface area contributed by atoms with Crippen LogP contribution in [0.25, 0.3) is 10.6 Å². The molecule has 1 amide bonds. The highest BCUT2D eigenvalue weighted by Crippen LogP contribution is 2.38. The fourth-order valence-corrected chi connectivity index (χ4v) is 5.71. The zero-order chi connectivity index (χ0) is 22.2. The highest BCUT2D eigenvalue weighted by atomic mass is 35.5. The lowest BCUT2D eigenvalue weighted by molar-refractivity contribution is -0.137. The molecule has 0 spiro atoms. The van der Waals surface area contributed by atoms with Crippen LogP contribution in [0.3, 0.4) is 0 Å². The van der Waals surface area contributed by atoms with Crippen molar-refractivity contribution < 1.29 is 18.0 Å². The zero-order valence-electron chi connectivity index (χ0n) is 17.3. The Bertz CT molecular complexity index is 948. The number of hydrogen-bond donors (Lipinski definition) is 0. The molecule has 31 heavy (non-hydrogen) atoms. The van der Waals surface area contributed by atoms with Crippen molar-refractivity contribution >= 4 is 28.8 Å². The SMILES string of the molecule is Cc1nc(-c2ccc(Cl)c(C(F)(F)F)c2)sc1C(=O)N1CCC(N2CCCCC2)CC1. The fourth-order valence-electron chi connectivity index (χ4n) is 4.46. The van der Waals surface area contributed by atoms with E-state index in [0.717, 1.165) is 43.3 Å². The summed E-state index contributed by atoms with van der Waals surface area (Å²) in [6, 6.07) is 4.27. The summed E-state index contributed by atoms with van der Waals surface area (Å²) in [5, 5.41) is 0.0450. The zero-order valence-corrected chi connectivity index (χ0v) is 18.9. The van der Waals surface area contributed by atoms with Crippen molar-refractivity contribution in [3.63, 3.8) is 0 Å². The van der Waals surface area contributed by atoms with Crippen molar-refractivity contribution in [3.8, 4) is 10.6 Å². The number of halogens is 4. The van der Waals surface area contributed by atoms with Crippen LogP contribution < -0.4 is 0 Å². The van der Waals surface area contributed by atoms with E-state index in [2.05, 4.69) is 9.88 Å². The normalized spacial score (nSPS) is 19.1. The summed E-state index contributed by atoms with van der Waals surface area (Å²) < 4.78 is 39.6. The van der Waals surface area contributed by atoms with Crippen molar-refractivity contribution in [2.75, 3.05) is 26.2 Å². The number of alkyl halides is 3. The lowest BCUT2D eigenvalue weighted by Crippen LogP contribution is -2.48. The Morgan fingerprint density at radius 1 is 1.13 bits per heavy atom. The summed E-state index contributed by atoms with van der Waals surface area (Å²) >= 11 is 6.87. The van der Waals surface area contributed by atoms with Crippen LogP contribution in [0.4, 0.5) is 13.2 Å². The van der Waals surface area contributed by atoms with Gasteiger partial charge in [-0.15, -0.1) is 11.3 Å². The van der Waals surface area contributed by atoms with Crippen LogP contribution in [0, 0.1) is 6.92 Å². The van der Waals surface area contributed by atoms with Gasteiger partial charge in [-0.25, -0.2) is 4.98 Å². The summed E-state index contributed by atoms with van der Waals surface area (Å²) in [6.07, 6.45) is 1.19. The number of hydrogen-bond acceptors (Lipinski definition) is 4. The maximum atomic E-state index is 13.2. The number of amides is 1. The molecule has 0 radical (unpaired) electrons. The standard InChI is InChI=1S/C22H25ClF3N3OS/c1-14-19(21(30)29-11-7-16(8-12-29)28-9-3-2-4-10-28)31-20(27-14)15-5-6-18(23)17(13-15)22(24,25)26/h5-6,13,16H,2-4,7-12H2,1H3. The van der Waals surface area contributed by atoms with E-state index < -0.39 is 11.7 Å². The molecule has 2 saturated heterocycles. The average Bonchev–Trinajstić information content (AvgIpc) is 3.15. The average molecular weight is 472 g/mol. The van der Waals surface area contributed by atoms with Crippen molar-refractivity contribution in [2.24, 2.45) is 0 Å². The van der Waals surface area contributed by atoms with Crippen molar-refractivity contribution in [2.45, 2.75) is 51.2 Å². The Kier molecular flexibility index (Phi) is 6.60.